The van der Waals surface area contributed by atoms with Crippen molar-refractivity contribution in [2.45, 2.75) is 13.0 Å². The first kappa shape index (κ1) is 13.2. The number of amides is 1. The second-order valence-electron chi connectivity index (χ2n) is 2.45. The maximum atomic E-state index is 10.5. The van der Waals surface area contributed by atoms with E-state index in [0.29, 0.717) is 25.4 Å². The third-order valence-corrected chi connectivity index (χ3v) is 2.45. The standard InChI is InChI=1S/C8H15NO4S/c1-2-13-3-4-14-5-7(8(11)12)9-6-10/h6-7H,2-5H2,1H3,(H,9,10)(H,11,12). The van der Waals surface area contributed by atoms with E-state index in [1.165, 1.54) is 11.8 Å². The predicted octanol–water partition coefficient (Wildman–Crippen LogP) is -0.0447. The number of carboxylic acid groups (broad SMARTS) is 1. The predicted molar refractivity (Wildman–Crippen MR) is 54.4 cm³/mol. The van der Waals surface area contributed by atoms with E-state index in [9.17, 15) is 9.59 Å². The summed E-state index contributed by atoms with van der Waals surface area (Å²) >= 11 is 1.44. The average Bonchev–Trinajstić information content (AvgIpc) is 2.15. The summed E-state index contributed by atoms with van der Waals surface area (Å²) in [5.41, 5.74) is 0. The largest absolute Gasteiger partial charge is 0.480 e. The van der Waals surface area contributed by atoms with E-state index >= 15 is 0 Å². The van der Waals surface area contributed by atoms with Crippen LogP contribution in [0.2, 0.25) is 0 Å². The lowest BCUT2D eigenvalue weighted by Crippen LogP contribution is -2.38. The van der Waals surface area contributed by atoms with E-state index in [1.807, 2.05) is 6.92 Å². The molecule has 0 radical (unpaired) electrons. The van der Waals surface area contributed by atoms with Gasteiger partial charge >= 0.3 is 5.97 Å². The monoisotopic (exact) mass is 221 g/mol. The lowest BCUT2D eigenvalue weighted by molar-refractivity contribution is -0.139. The fraction of sp³-hybridized carbons (Fsp3) is 0.750. The molecule has 1 unspecified atom stereocenters. The van der Waals surface area contributed by atoms with Crippen LogP contribution in [-0.4, -0.2) is 48.2 Å². The Kier molecular flexibility index (Phi) is 8.36. The SMILES string of the molecule is CCOCCSCC(NC=O)C(=O)O. The zero-order valence-electron chi connectivity index (χ0n) is 8.06. The molecule has 1 amide bonds. The Morgan fingerprint density at radius 3 is 2.93 bits per heavy atom. The Morgan fingerprint density at radius 2 is 2.43 bits per heavy atom. The summed E-state index contributed by atoms with van der Waals surface area (Å²) in [6.07, 6.45) is 0.405. The molecule has 0 heterocycles. The Bertz CT molecular complexity index is 177. The van der Waals surface area contributed by atoms with Gasteiger partial charge in [0.2, 0.25) is 6.41 Å². The minimum Gasteiger partial charge on any atom is -0.480 e. The third kappa shape index (κ3) is 6.73. The average molecular weight is 221 g/mol. The molecule has 1 atom stereocenters. The Balaban J connectivity index is 3.50. The normalized spacial score (nSPS) is 12.1. The Labute approximate surface area is 87.2 Å². The van der Waals surface area contributed by atoms with Crippen molar-refractivity contribution in [3.63, 3.8) is 0 Å². The molecular formula is C8H15NO4S. The molecule has 0 aromatic heterocycles. The highest BCUT2D eigenvalue weighted by molar-refractivity contribution is 7.99. The highest BCUT2D eigenvalue weighted by Gasteiger charge is 2.15. The minimum atomic E-state index is -1.01. The molecule has 0 aromatic rings. The van der Waals surface area contributed by atoms with E-state index in [0.717, 1.165) is 5.75 Å². The van der Waals surface area contributed by atoms with E-state index in [2.05, 4.69) is 5.32 Å². The number of hydrogen-bond donors (Lipinski definition) is 2. The van der Waals surface area contributed by atoms with Crippen molar-refractivity contribution in [3.8, 4) is 0 Å². The maximum Gasteiger partial charge on any atom is 0.327 e. The molecule has 0 spiro atoms. The molecule has 0 rings (SSSR count). The van der Waals surface area contributed by atoms with Crippen LogP contribution in [0, 0.1) is 0 Å². The van der Waals surface area contributed by atoms with Crippen molar-refractivity contribution in [1.29, 1.82) is 0 Å². The second kappa shape index (κ2) is 8.83. The number of ether oxygens (including phenoxy) is 1. The molecule has 0 fully saturated rings. The van der Waals surface area contributed by atoms with Crippen molar-refractivity contribution in [1.82, 2.24) is 5.32 Å². The van der Waals surface area contributed by atoms with Gasteiger partial charge in [-0.2, -0.15) is 11.8 Å². The summed E-state index contributed by atoms with van der Waals surface area (Å²) in [5, 5.41) is 10.9. The van der Waals surface area contributed by atoms with Gasteiger partial charge in [0.25, 0.3) is 0 Å². The van der Waals surface area contributed by atoms with Gasteiger partial charge in [-0.1, -0.05) is 0 Å². The van der Waals surface area contributed by atoms with Crippen molar-refractivity contribution in [2.75, 3.05) is 24.7 Å². The zero-order valence-corrected chi connectivity index (χ0v) is 8.88. The van der Waals surface area contributed by atoms with Gasteiger partial charge in [-0.3, -0.25) is 4.79 Å². The molecule has 14 heavy (non-hydrogen) atoms. The van der Waals surface area contributed by atoms with Crippen LogP contribution in [0.5, 0.6) is 0 Å². The number of thioether (sulfide) groups is 1. The second-order valence-corrected chi connectivity index (χ2v) is 3.60. The number of hydrogen-bond acceptors (Lipinski definition) is 4. The van der Waals surface area contributed by atoms with Crippen LogP contribution < -0.4 is 5.32 Å². The summed E-state index contributed by atoms with van der Waals surface area (Å²) in [4.78, 5) is 20.6. The molecule has 0 aliphatic carbocycles. The molecule has 0 aliphatic rings. The molecule has 0 saturated heterocycles. The zero-order chi connectivity index (χ0) is 10.8. The first-order valence-corrected chi connectivity index (χ1v) is 5.45. The summed E-state index contributed by atoms with van der Waals surface area (Å²) in [7, 11) is 0. The van der Waals surface area contributed by atoms with Gasteiger partial charge in [0.1, 0.15) is 6.04 Å². The molecule has 0 aliphatic heterocycles. The molecule has 0 aromatic carbocycles. The maximum absolute atomic E-state index is 10.5. The fourth-order valence-electron chi connectivity index (χ4n) is 0.736. The Hall–Kier alpha value is -0.750. The summed E-state index contributed by atoms with van der Waals surface area (Å²) < 4.78 is 5.08. The van der Waals surface area contributed by atoms with Gasteiger partial charge in [0.05, 0.1) is 6.61 Å². The summed E-state index contributed by atoms with van der Waals surface area (Å²) in [6, 6.07) is -0.806. The molecule has 6 heteroatoms. The molecule has 2 N–H and O–H groups in total. The van der Waals surface area contributed by atoms with Crippen LogP contribution in [0.15, 0.2) is 0 Å². The molecular weight excluding hydrogens is 206 g/mol. The van der Waals surface area contributed by atoms with Gasteiger partial charge in [-0.05, 0) is 6.92 Å². The molecule has 82 valence electrons. The number of carboxylic acids is 1. The van der Waals surface area contributed by atoms with Crippen LogP contribution in [0.1, 0.15) is 6.92 Å². The van der Waals surface area contributed by atoms with Crippen molar-refractivity contribution in [3.05, 3.63) is 0 Å². The number of nitrogens with one attached hydrogen (secondary N) is 1. The van der Waals surface area contributed by atoms with E-state index in [1.54, 1.807) is 0 Å². The fourth-order valence-corrected chi connectivity index (χ4v) is 1.61. The van der Waals surface area contributed by atoms with Crippen LogP contribution >= 0.6 is 11.8 Å². The summed E-state index contributed by atoms with van der Waals surface area (Å²) in [6.45, 7) is 3.17. The van der Waals surface area contributed by atoms with E-state index in [-0.39, 0.29) is 0 Å². The number of carbonyl (C=O) groups is 2. The lowest BCUT2D eigenvalue weighted by atomic mass is 10.3. The van der Waals surface area contributed by atoms with Crippen LogP contribution in [0.25, 0.3) is 0 Å². The summed E-state index contributed by atoms with van der Waals surface area (Å²) in [5.74, 6) is 0.0836. The first-order valence-electron chi connectivity index (χ1n) is 4.30. The van der Waals surface area contributed by atoms with Crippen molar-refractivity contribution >= 4 is 24.1 Å². The van der Waals surface area contributed by atoms with Gasteiger partial charge in [-0.15, -0.1) is 0 Å². The van der Waals surface area contributed by atoms with Gasteiger partial charge in [0, 0.05) is 18.1 Å². The quantitative estimate of drug-likeness (QED) is 0.422. The molecule has 5 nitrogen and oxygen atoms in total. The molecule has 0 bridgehead atoms. The highest BCUT2D eigenvalue weighted by atomic mass is 32.2. The van der Waals surface area contributed by atoms with E-state index in [4.69, 9.17) is 9.84 Å². The third-order valence-electron chi connectivity index (χ3n) is 1.43. The Morgan fingerprint density at radius 1 is 1.71 bits per heavy atom. The van der Waals surface area contributed by atoms with Crippen LogP contribution in [-0.2, 0) is 14.3 Å². The number of rotatable bonds is 9. The number of carbonyl (C=O) groups excluding carboxylic acids is 1. The van der Waals surface area contributed by atoms with Gasteiger partial charge in [-0.25, -0.2) is 4.79 Å². The lowest BCUT2D eigenvalue weighted by Gasteiger charge is -2.10. The van der Waals surface area contributed by atoms with Crippen molar-refractivity contribution < 1.29 is 19.4 Å². The van der Waals surface area contributed by atoms with Crippen molar-refractivity contribution in [2.24, 2.45) is 0 Å². The van der Waals surface area contributed by atoms with Gasteiger partial charge < -0.3 is 15.2 Å². The van der Waals surface area contributed by atoms with Crippen LogP contribution in [0.3, 0.4) is 0 Å². The number of aliphatic carboxylic acids is 1. The van der Waals surface area contributed by atoms with Crippen LogP contribution in [0.4, 0.5) is 0 Å². The molecule has 0 saturated carbocycles. The minimum absolute atomic E-state index is 0.362. The smallest absolute Gasteiger partial charge is 0.327 e. The van der Waals surface area contributed by atoms with Gasteiger partial charge in [0.15, 0.2) is 0 Å². The first-order chi connectivity index (χ1) is 6.72. The highest BCUT2D eigenvalue weighted by Crippen LogP contribution is 2.02. The van der Waals surface area contributed by atoms with E-state index < -0.39 is 12.0 Å². The topological polar surface area (TPSA) is 75.6 Å².